The molecule has 0 saturated carbocycles. The second-order valence-electron chi connectivity index (χ2n) is 6.74. The molecule has 0 fully saturated rings. The molecule has 0 saturated heterocycles. The lowest BCUT2D eigenvalue weighted by atomic mass is 10.1. The third-order valence-corrected chi connectivity index (χ3v) is 5.11. The Bertz CT molecular complexity index is 360. The molecule has 0 unspecified atom stereocenters. The van der Waals surface area contributed by atoms with Gasteiger partial charge in [-0.25, -0.2) is 0 Å². The van der Waals surface area contributed by atoms with Gasteiger partial charge < -0.3 is 5.11 Å². The minimum Gasteiger partial charge on any atom is -0.395 e. The Balaban J connectivity index is 3.45. The van der Waals surface area contributed by atoms with Gasteiger partial charge in [-0.2, -0.15) is 8.42 Å². The number of hydrogen-bond acceptors (Lipinski definition) is 4. The lowest BCUT2D eigenvalue weighted by Gasteiger charge is -2.20. The van der Waals surface area contributed by atoms with E-state index < -0.39 is 10.1 Å². The predicted octanol–water partition coefficient (Wildman–Crippen LogP) is 3.87. The number of hydrogen-bond donors (Lipinski definition) is 2. The van der Waals surface area contributed by atoms with Gasteiger partial charge in [-0.3, -0.25) is 9.45 Å². The van der Waals surface area contributed by atoms with Crippen LogP contribution in [0.5, 0.6) is 0 Å². The summed E-state index contributed by atoms with van der Waals surface area (Å²) in [5, 5.41) is 9.00. The summed E-state index contributed by atoms with van der Waals surface area (Å²) in [5.41, 5.74) is 0. The molecule has 0 radical (unpaired) electrons. The SMILES string of the molecule is CCCCCCCCCCCCCCN(CCO)CCS(=O)(=O)O. The molecule has 24 heavy (non-hydrogen) atoms. The van der Waals surface area contributed by atoms with E-state index in [2.05, 4.69) is 6.92 Å². The maximum Gasteiger partial charge on any atom is 0.266 e. The highest BCUT2D eigenvalue weighted by atomic mass is 32.2. The molecule has 0 aliphatic heterocycles. The van der Waals surface area contributed by atoms with Gasteiger partial charge in [0.15, 0.2) is 0 Å². The van der Waals surface area contributed by atoms with E-state index in [-0.39, 0.29) is 18.9 Å². The van der Waals surface area contributed by atoms with Crippen molar-refractivity contribution in [3.63, 3.8) is 0 Å². The van der Waals surface area contributed by atoms with Gasteiger partial charge in [0.1, 0.15) is 0 Å². The minimum absolute atomic E-state index is 0.0176. The normalized spacial score (nSPS) is 12.2. The van der Waals surface area contributed by atoms with E-state index in [0.29, 0.717) is 6.54 Å². The zero-order valence-corrected chi connectivity index (χ0v) is 16.4. The first-order valence-electron chi connectivity index (χ1n) is 9.78. The first-order valence-corrected chi connectivity index (χ1v) is 11.4. The van der Waals surface area contributed by atoms with Crippen LogP contribution in [0.15, 0.2) is 0 Å². The molecular formula is C18H39NO4S. The van der Waals surface area contributed by atoms with Crippen LogP contribution in [0.25, 0.3) is 0 Å². The van der Waals surface area contributed by atoms with Gasteiger partial charge in [0.2, 0.25) is 0 Å². The van der Waals surface area contributed by atoms with E-state index in [1.807, 2.05) is 4.90 Å². The van der Waals surface area contributed by atoms with Gasteiger partial charge in [0.05, 0.1) is 12.4 Å². The fourth-order valence-corrected chi connectivity index (χ4v) is 3.39. The Morgan fingerprint density at radius 1 is 0.708 bits per heavy atom. The molecule has 0 aliphatic carbocycles. The highest BCUT2D eigenvalue weighted by Gasteiger charge is 2.10. The van der Waals surface area contributed by atoms with E-state index >= 15 is 0 Å². The smallest absolute Gasteiger partial charge is 0.266 e. The molecule has 0 amide bonds. The van der Waals surface area contributed by atoms with Gasteiger partial charge in [0.25, 0.3) is 10.1 Å². The zero-order valence-electron chi connectivity index (χ0n) is 15.6. The van der Waals surface area contributed by atoms with Crippen molar-refractivity contribution in [3.8, 4) is 0 Å². The average molecular weight is 366 g/mol. The number of aliphatic hydroxyl groups is 1. The molecule has 6 heteroatoms. The molecule has 0 aromatic heterocycles. The fraction of sp³-hybridized carbons (Fsp3) is 1.00. The Labute approximate surface area is 149 Å². The standard InChI is InChI=1S/C18H39NO4S/c1-2-3-4-5-6-7-8-9-10-11-12-13-14-19(15-17-20)16-18-24(21,22)23/h20H,2-18H2,1H3,(H,21,22,23). The lowest BCUT2D eigenvalue weighted by Crippen LogP contribution is -2.32. The van der Waals surface area contributed by atoms with Crippen LogP contribution < -0.4 is 0 Å². The van der Waals surface area contributed by atoms with E-state index in [1.54, 1.807) is 0 Å². The van der Waals surface area contributed by atoms with Crippen LogP contribution in [0.1, 0.15) is 84.0 Å². The van der Waals surface area contributed by atoms with Crippen LogP contribution in [-0.4, -0.2) is 55.0 Å². The van der Waals surface area contributed by atoms with E-state index in [9.17, 15) is 8.42 Å². The summed E-state index contributed by atoms with van der Waals surface area (Å²) in [6.45, 7) is 3.81. The number of nitrogens with zero attached hydrogens (tertiary/aromatic N) is 1. The first-order chi connectivity index (χ1) is 11.5. The van der Waals surface area contributed by atoms with Crippen LogP contribution in [0.4, 0.5) is 0 Å². The van der Waals surface area contributed by atoms with E-state index in [4.69, 9.17) is 9.66 Å². The number of unbranched alkanes of at least 4 members (excludes halogenated alkanes) is 11. The largest absolute Gasteiger partial charge is 0.395 e. The molecular weight excluding hydrogens is 326 g/mol. The Hall–Kier alpha value is -0.170. The van der Waals surface area contributed by atoms with E-state index in [1.165, 1.54) is 64.2 Å². The van der Waals surface area contributed by atoms with Crippen molar-refractivity contribution < 1.29 is 18.1 Å². The summed E-state index contributed by atoms with van der Waals surface area (Å²) in [5.74, 6) is -0.259. The van der Waals surface area contributed by atoms with Crippen molar-refractivity contribution >= 4 is 10.1 Å². The number of aliphatic hydroxyl groups excluding tert-OH is 1. The van der Waals surface area contributed by atoms with Crippen LogP contribution in [0, 0.1) is 0 Å². The molecule has 0 bridgehead atoms. The quantitative estimate of drug-likeness (QED) is 0.285. The van der Waals surface area contributed by atoms with Crippen LogP contribution >= 0.6 is 0 Å². The van der Waals surface area contributed by atoms with Crippen molar-refractivity contribution in [2.75, 3.05) is 32.0 Å². The summed E-state index contributed by atoms with van der Waals surface area (Å²) < 4.78 is 30.4. The monoisotopic (exact) mass is 365 g/mol. The zero-order chi connectivity index (χ0) is 18.1. The third kappa shape index (κ3) is 18.2. The highest BCUT2D eigenvalue weighted by molar-refractivity contribution is 7.85. The maximum atomic E-state index is 10.8. The second-order valence-corrected chi connectivity index (χ2v) is 8.31. The summed E-state index contributed by atoms with van der Waals surface area (Å²) in [6.07, 6.45) is 15.5. The molecule has 0 aromatic carbocycles. The van der Waals surface area contributed by atoms with E-state index in [0.717, 1.165) is 19.4 Å². The van der Waals surface area contributed by atoms with Crippen LogP contribution in [0.3, 0.4) is 0 Å². The maximum absolute atomic E-state index is 10.8. The van der Waals surface area contributed by atoms with Gasteiger partial charge in [-0.15, -0.1) is 0 Å². The topological polar surface area (TPSA) is 77.8 Å². The molecule has 5 nitrogen and oxygen atoms in total. The minimum atomic E-state index is -3.92. The molecule has 0 rings (SSSR count). The molecule has 2 N–H and O–H groups in total. The number of rotatable bonds is 18. The fourth-order valence-electron chi connectivity index (χ4n) is 2.90. The predicted molar refractivity (Wildman–Crippen MR) is 101 cm³/mol. The molecule has 0 aliphatic rings. The highest BCUT2D eigenvalue weighted by Crippen LogP contribution is 2.12. The van der Waals surface area contributed by atoms with Crippen LogP contribution in [-0.2, 0) is 10.1 Å². The second kappa shape index (κ2) is 16.3. The molecule has 0 heterocycles. The first kappa shape index (κ1) is 23.8. The van der Waals surface area contributed by atoms with Crippen molar-refractivity contribution in [2.24, 2.45) is 0 Å². The summed E-state index contributed by atoms with van der Waals surface area (Å²) in [6, 6.07) is 0. The molecule has 146 valence electrons. The van der Waals surface area contributed by atoms with Gasteiger partial charge in [-0.05, 0) is 13.0 Å². The van der Waals surface area contributed by atoms with Crippen molar-refractivity contribution in [3.05, 3.63) is 0 Å². The van der Waals surface area contributed by atoms with Crippen molar-refractivity contribution in [2.45, 2.75) is 84.0 Å². The van der Waals surface area contributed by atoms with Crippen molar-refractivity contribution in [1.29, 1.82) is 0 Å². The summed E-state index contributed by atoms with van der Waals surface area (Å²) in [7, 11) is -3.92. The molecule has 0 atom stereocenters. The molecule has 0 aromatic rings. The third-order valence-electron chi connectivity index (χ3n) is 4.41. The van der Waals surface area contributed by atoms with Gasteiger partial charge in [-0.1, -0.05) is 77.6 Å². The molecule has 0 spiro atoms. The van der Waals surface area contributed by atoms with Gasteiger partial charge in [0, 0.05) is 13.1 Å². The lowest BCUT2D eigenvalue weighted by molar-refractivity contribution is 0.199. The Kier molecular flexibility index (Phi) is 16.2. The Morgan fingerprint density at radius 3 is 1.58 bits per heavy atom. The van der Waals surface area contributed by atoms with Crippen molar-refractivity contribution in [1.82, 2.24) is 4.90 Å². The summed E-state index contributed by atoms with van der Waals surface area (Å²) in [4.78, 5) is 1.91. The van der Waals surface area contributed by atoms with Crippen LogP contribution in [0.2, 0.25) is 0 Å². The average Bonchev–Trinajstić information content (AvgIpc) is 2.52. The van der Waals surface area contributed by atoms with Gasteiger partial charge >= 0.3 is 0 Å². The summed E-state index contributed by atoms with van der Waals surface area (Å²) >= 11 is 0. The Morgan fingerprint density at radius 2 is 1.17 bits per heavy atom.